The van der Waals surface area contributed by atoms with Gasteiger partial charge in [0, 0.05) is 30.7 Å². The largest absolute Gasteiger partial charge is 0.481 e. The summed E-state index contributed by atoms with van der Waals surface area (Å²) in [5.74, 6) is -0.705. The molecule has 4 rings (SSSR count). The van der Waals surface area contributed by atoms with Crippen molar-refractivity contribution >= 4 is 17.3 Å². The van der Waals surface area contributed by atoms with E-state index in [4.69, 9.17) is 0 Å². The zero-order valence-corrected chi connectivity index (χ0v) is 20.5. The van der Waals surface area contributed by atoms with E-state index in [-0.39, 0.29) is 22.6 Å². The van der Waals surface area contributed by atoms with E-state index in [9.17, 15) is 23.1 Å². The highest BCUT2D eigenvalue weighted by Crippen LogP contribution is 2.49. The summed E-state index contributed by atoms with van der Waals surface area (Å²) >= 11 is 1.28. The van der Waals surface area contributed by atoms with Gasteiger partial charge in [-0.1, -0.05) is 33.6 Å². The number of aliphatic carboxylic acids is 1. The molecule has 1 aliphatic carbocycles. The fourth-order valence-corrected chi connectivity index (χ4v) is 5.94. The van der Waals surface area contributed by atoms with Crippen molar-refractivity contribution < 1.29 is 27.8 Å². The molecule has 1 aromatic carbocycles. The number of likely N-dealkylation sites (tertiary alicyclic amines) is 1. The van der Waals surface area contributed by atoms with Crippen LogP contribution >= 0.6 is 11.3 Å². The highest BCUT2D eigenvalue weighted by Gasteiger charge is 2.50. The van der Waals surface area contributed by atoms with Gasteiger partial charge in [0.15, 0.2) is 0 Å². The second kappa shape index (κ2) is 9.49. The lowest BCUT2D eigenvalue weighted by atomic mass is 9.65. The first kappa shape index (κ1) is 25.0. The summed E-state index contributed by atoms with van der Waals surface area (Å²) in [5.41, 5.74) is -0.632. The highest BCUT2D eigenvalue weighted by molar-refractivity contribution is 7.15. The maximum atomic E-state index is 13.8. The van der Waals surface area contributed by atoms with Crippen molar-refractivity contribution in [3.63, 3.8) is 0 Å². The van der Waals surface area contributed by atoms with Crippen LogP contribution < -0.4 is 4.74 Å². The molecule has 0 radical (unpaired) electrons. The molecule has 0 unspecified atom stereocenters. The number of hydrogen-bond acceptors (Lipinski definition) is 5. The average molecular weight is 497 g/mol. The lowest BCUT2D eigenvalue weighted by Gasteiger charge is -2.48. The SMILES string of the molecule is CC(C)(C)[C@H]1CN(Cc2cnc(-c3cc(F)ccc3OC(F)F)s2)C[C@](CC2CC2)(C(=O)O)C1. The number of piperidine rings is 1. The van der Waals surface area contributed by atoms with Gasteiger partial charge in [0.2, 0.25) is 0 Å². The Morgan fingerprint density at radius 2 is 2.09 bits per heavy atom. The van der Waals surface area contributed by atoms with Crippen molar-refractivity contribution in [1.82, 2.24) is 9.88 Å². The average Bonchev–Trinajstić information content (AvgIpc) is 3.42. The van der Waals surface area contributed by atoms with Crippen molar-refractivity contribution in [3.05, 3.63) is 35.1 Å². The molecule has 0 bridgehead atoms. The number of benzene rings is 1. The van der Waals surface area contributed by atoms with Crippen molar-refractivity contribution in [1.29, 1.82) is 0 Å². The summed E-state index contributed by atoms with van der Waals surface area (Å²) < 4.78 is 44.0. The van der Waals surface area contributed by atoms with Crippen LogP contribution in [0.5, 0.6) is 5.75 Å². The molecular formula is C25H31F3N2O3S. The number of halogens is 3. The molecule has 2 atom stereocenters. The third-order valence-corrected chi connectivity index (χ3v) is 8.03. The number of carboxylic acid groups (broad SMARTS) is 1. The summed E-state index contributed by atoms with van der Waals surface area (Å²) in [7, 11) is 0. The normalized spacial score (nSPS) is 23.9. The molecule has 2 fully saturated rings. The van der Waals surface area contributed by atoms with Gasteiger partial charge in [-0.2, -0.15) is 8.78 Å². The minimum absolute atomic E-state index is 0.0368. The summed E-state index contributed by atoms with van der Waals surface area (Å²) in [6.45, 7) is 5.19. The molecule has 1 saturated heterocycles. The Bertz CT molecular complexity index is 1030. The summed E-state index contributed by atoms with van der Waals surface area (Å²) in [5, 5.41) is 10.7. The standard InChI is InChI=1S/C25H31F3N2O3S/c1-24(2,3)16-10-25(22(31)32,9-15-4-5-15)14-30(12-16)13-18-11-29-21(34-18)19-8-17(26)6-7-20(19)33-23(27)28/h6-8,11,15-16,23H,4-5,9-10,12-14H2,1-3H3,(H,31,32)/t16-,25-/m1/s1. The van der Waals surface area contributed by atoms with E-state index >= 15 is 0 Å². The van der Waals surface area contributed by atoms with E-state index in [0.717, 1.165) is 36.4 Å². The van der Waals surface area contributed by atoms with Gasteiger partial charge < -0.3 is 9.84 Å². The van der Waals surface area contributed by atoms with E-state index in [2.05, 4.69) is 35.4 Å². The third-order valence-electron chi connectivity index (χ3n) is 7.02. The molecule has 9 heteroatoms. The summed E-state index contributed by atoms with van der Waals surface area (Å²) in [6.07, 6.45) is 5.23. The van der Waals surface area contributed by atoms with Gasteiger partial charge >= 0.3 is 12.6 Å². The molecule has 0 amide bonds. The first-order chi connectivity index (χ1) is 15.9. The predicted molar refractivity (Wildman–Crippen MR) is 124 cm³/mol. The third kappa shape index (κ3) is 5.74. The Kier molecular flexibility index (Phi) is 6.97. The van der Waals surface area contributed by atoms with Crippen molar-refractivity contribution in [2.24, 2.45) is 22.7 Å². The molecule has 34 heavy (non-hydrogen) atoms. The minimum atomic E-state index is -3.03. The quantitative estimate of drug-likeness (QED) is 0.465. The first-order valence-electron chi connectivity index (χ1n) is 11.6. The van der Waals surface area contributed by atoms with Gasteiger partial charge in [-0.25, -0.2) is 9.37 Å². The van der Waals surface area contributed by atoms with Crippen LogP contribution in [0.4, 0.5) is 13.2 Å². The number of carboxylic acids is 1. The maximum Gasteiger partial charge on any atom is 0.387 e. The number of carbonyl (C=O) groups is 1. The Morgan fingerprint density at radius 3 is 2.71 bits per heavy atom. The lowest BCUT2D eigenvalue weighted by molar-refractivity contribution is -0.157. The van der Waals surface area contributed by atoms with E-state index in [1.807, 2.05) is 0 Å². The van der Waals surface area contributed by atoms with E-state index in [0.29, 0.717) is 36.9 Å². The fraction of sp³-hybridized carbons (Fsp3) is 0.600. The van der Waals surface area contributed by atoms with Crippen LogP contribution in [-0.4, -0.2) is 40.7 Å². The van der Waals surface area contributed by atoms with E-state index in [1.54, 1.807) is 6.20 Å². The molecular weight excluding hydrogens is 465 g/mol. The lowest BCUT2D eigenvalue weighted by Crippen LogP contribution is -2.53. The van der Waals surface area contributed by atoms with E-state index in [1.165, 1.54) is 17.4 Å². The maximum absolute atomic E-state index is 13.8. The van der Waals surface area contributed by atoms with Crippen LogP contribution in [0.15, 0.2) is 24.4 Å². The van der Waals surface area contributed by atoms with Gasteiger partial charge in [0.1, 0.15) is 16.6 Å². The number of alkyl halides is 2. The molecule has 1 N–H and O–H groups in total. The Balaban J connectivity index is 1.58. The zero-order chi connectivity index (χ0) is 24.7. The van der Waals surface area contributed by atoms with Crippen LogP contribution in [0.1, 0.15) is 51.3 Å². The molecule has 2 aliphatic rings. The van der Waals surface area contributed by atoms with Gasteiger partial charge in [-0.05, 0) is 48.3 Å². The second-order valence-corrected chi connectivity index (χ2v) is 11.9. The molecule has 5 nitrogen and oxygen atoms in total. The smallest absolute Gasteiger partial charge is 0.387 e. The highest BCUT2D eigenvalue weighted by atomic mass is 32.1. The molecule has 1 aliphatic heterocycles. The monoisotopic (exact) mass is 496 g/mol. The van der Waals surface area contributed by atoms with Gasteiger partial charge in [0.25, 0.3) is 0 Å². The molecule has 2 aromatic rings. The molecule has 1 aromatic heterocycles. The second-order valence-electron chi connectivity index (χ2n) is 10.8. The molecule has 0 spiro atoms. The number of hydrogen-bond donors (Lipinski definition) is 1. The molecule has 1 saturated carbocycles. The van der Waals surface area contributed by atoms with E-state index < -0.39 is 23.8 Å². The van der Waals surface area contributed by atoms with Crippen LogP contribution in [0.2, 0.25) is 0 Å². The number of aromatic nitrogens is 1. The fourth-order valence-electron chi connectivity index (χ4n) is 4.96. The topological polar surface area (TPSA) is 62.7 Å². The summed E-state index contributed by atoms with van der Waals surface area (Å²) in [4.78, 5) is 19.9. The van der Waals surface area contributed by atoms with Crippen LogP contribution in [0, 0.1) is 28.5 Å². The van der Waals surface area contributed by atoms with Crippen molar-refractivity contribution in [3.8, 4) is 16.3 Å². The predicted octanol–water partition coefficient (Wildman–Crippen LogP) is 6.29. The number of nitrogens with zero attached hydrogens (tertiary/aromatic N) is 2. The van der Waals surface area contributed by atoms with Gasteiger partial charge in [-0.15, -0.1) is 11.3 Å². The Morgan fingerprint density at radius 1 is 1.35 bits per heavy atom. The van der Waals surface area contributed by atoms with Crippen LogP contribution in [0.25, 0.3) is 10.6 Å². The zero-order valence-electron chi connectivity index (χ0n) is 19.7. The Hall–Kier alpha value is -2.13. The number of ether oxygens (including phenoxy) is 1. The first-order valence-corrected chi connectivity index (χ1v) is 12.4. The van der Waals surface area contributed by atoms with Crippen molar-refractivity contribution in [2.45, 2.75) is 59.6 Å². The van der Waals surface area contributed by atoms with Crippen LogP contribution in [0.3, 0.4) is 0 Å². The molecule has 186 valence electrons. The Labute approximate surface area is 202 Å². The number of rotatable bonds is 8. The summed E-state index contributed by atoms with van der Waals surface area (Å²) in [6, 6.07) is 3.39. The van der Waals surface area contributed by atoms with Crippen molar-refractivity contribution in [2.75, 3.05) is 13.1 Å². The van der Waals surface area contributed by atoms with Gasteiger partial charge in [0.05, 0.1) is 11.0 Å². The van der Waals surface area contributed by atoms with Crippen LogP contribution in [-0.2, 0) is 11.3 Å². The number of thiazole rings is 1. The molecule has 2 heterocycles. The minimum Gasteiger partial charge on any atom is -0.481 e. The van der Waals surface area contributed by atoms with Gasteiger partial charge in [-0.3, -0.25) is 9.69 Å².